The normalized spacial score (nSPS) is 12.4. The van der Waals surface area contributed by atoms with Gasteiger partial charge >= 0.3 is 0 Å². The van der Waals surface area contributed by atoms with Crippen molar-refractivity contribution < 1.29 is 18.3 Å². The molecule has 0 fully saturated rings. The first-order valence-corrected chi connectivity index (χ1v) is 8.43. The number of nitrogens with zero attached hydrogens (tertiary/aromatic N) is 1. The molecule has 6 heteroatoms. The number of rotatable bonds is 7. The Morgan fingerprint density at radius 3 is 2.43 bits per heavy atom. The molecule has 1 aromatic carbocycles. The smallest absolute Gasteiger partial charge is 0.243 e. The second-order valence-corrected chi connectivity index (χ2v) is 7.45. The number of aliphatic hydroxyl groups is 1. The largest absolute Gasteiger partial charge is 0.392 e. The third-order valence-electron chi connectivity index (χ3n) is 3.41. The van der Waals surface area contributed by atoms with Gasteiger partial charge in [-0.15, -0.1) is 0 Å². The number of likely N-dealkylation sites (N-methyl/N-ethyl adjacent to an activating group) is 1. The molecule has 0 amide bonds. The molecule has 0 aliphatic rings. The minimum absolute atomic E-state index is 0.0720. The molecule has 0 saturated carbocycles. The molecule has 0 radical (unpaired) electrons. The molecule has 0 bridgehead atoms. The lowest BCUT2D eigenvalue weighted by Crippen LogP contribution is -2.31. The third-order valence-corrected chi connectivity index (χ3v) is 5.39. The molecule has 1 rings (SSSR count). The molecular formula is C15H25NO4S. The van der Waals surface area contributed by atoms with Gasteiger partial charge in [-0.2, -0.15) is 4.31 Å². The standard InChI is InChI=1S/C15H25NO4S/c1-11(2)20-7-6-16(5)21(18,19)15-9-14(10-17)8-12(3)13(15)4/h8-9,11,17H,6-7,10H2,1-5H3. The first kappa shape index (κ1) is 18.1. The van der Waals surface area contributed by atoms with Gasteiger partial charge in [0.05, 0.1) is 24.2 Å². The van der Waals surface area contributed by atoms with E-state index in [1.165, 1.54) is 10.4 Å². The van der Waals surface area contributed by atoms with E-state index in [0.29, 0.717) is 24.3 Å². The van der Waals surface area contributed by atoms with E-state index in [1.807, 2.05) is 20.8 Å². The highest BCUT2D eigenvalue weighted by Gasteiger charge is 2.24. The zero-order valence-electron chi connectivity index (χ0n) is 13.4. The molecule has 120 valence electrons. The summed E-state index contributed by atoms with van der Waals surface area (Å²) in [4.78, 5) is 0.249. The van der Waals surface area contributed by atoms with Gasteiger partial charge in [-0.3, -0.25) is 0 Å². The summed E-state index contributed by atoms with van der Waals surface area (Å²) < 4.78 is 32.0. The summed E-state index contributed by atoms with van der Waals surface area (Å²) in [5.74, 6) is 0. The third kappa shape index (κ3) is 4.51. The van der Waals surface area contributed by atoms with E-state index in [0.717, 1.165) is 5.56 Å². The fourth-order valence-electron chi connectivity index (χ4n) is 1.96. The summed E-state index contributed by atoms with van der Waals surface area (Å²) in [6, 6.07) is 3.34. The summed E-state index contributed by atoms with van der Waals surface area (Å²) in [7, 11) is -2.04. The molecule has 1 aromatic rings. The van der Waals surface area contributed by atoms with Crippen LogP contribution in [0.4, 0.5) is 0 Å². The molecule has 0 aliphatic heterocycles. The van der Waals surface area contributed by atoms with E-state index in [1.54, 1.807) is 20.0 Å². The predicted octanol–water partition coefficient (Wildman–Crippen LogP) is 1.84. The number of aryl methyl sites for hydroxylation is 1. The highest BCUT2D eigenvalue weighted by molar-refractivity contribution is 7.89. The van der Waals surface area contributed by atoms with Gasteiger partial charge in [0.15, 0.2) is 0 Å². The van der Waals surface area contributed by atoms with Crippen molar-refractivity contribution >= 4 is 10.0 Å². The number of sulfonamides is 1. The molecule has 0 unspecified atom stereocenters. The summed E-state index contributed by atoms with van der Waals surface area (Å²) >= 11 is 0. The fourth-order valence-corrected chi connectivity index (χ4v) is 3.46. The first-order chi connectivity index (χ1) is 9.70. The quantitative estimate of drug-likeness (QED) is 0.834. The zero-order chi connectivity index (χ0) is 16.2. The van der Waals surface area contributed by atoms with Gasteiger partial charge in [0.25, 0.3) is 0 Å². The lowest BCUT2D eigenvalue weighted by atomic mass is 10.1. The summed E-state index contributed by atoms with van der Waals surface area (Å²) in [5.41, 5.74) is 2.17. The van der Waals surface area contributed by atoms with Gasteiger partial charge < -0.3 is 9.84 Å². The fraction of sp³-hybridized carbons (Fsp3) is 0.600. The van der Waals surface area contributed by atoms with Crippen LogP contribution in [0, 0.1) is 13.8 Å². The Bertz CT molecular complexity index is 582. The van der Waals surface area contributed by atoms with Gasteiger partial charge in [-0.25, -0.2) is 8.42 Å². The monoisotopic (exact) mass is 315 g/mol. The molecule has 0 aromatic heterocycles. The van der Waals surface area contributed by atoms with E-state index < -0.39 is 10.0 Å². The summed E-state index contributed by atoms with van der Waals surface area (Å²) in [6.45, 7) is 7.91. The van der Waals surface area contributed by atoms with Gasteiger partial charge in [0.1, 0.15) is 0 Å². The minimum Gasteiger partial charge on any atom is -0.392 e. The lowest BCUT2D eigenvalue weighted by molar-refractivity contribution is 0.0737. The molecule has 5 nitrogen and oxygen atoms in total. The number of hydrogen-bond acceptors (Lipinski definition) is 4. The van der Waals surface area contributed by atoms with Crippen molar-refractivity contribution in [2.45, 2.75) is 45.3 Å². The highest BCUT2D eigenvalue weighted by atomic mass is 32.2. The van der Waals surface area contributed by atoms with Crippen LogP contribution in [0.3, 0.4) is 0 Å². The van der Waals surface area contributed by atoms with Gasteiger partial charge in [-0.1, -0.05) is 6.07 Å². The van der Waals surface area contributed by atoms with E-state index in [2.05, 4.69) is 0 Å². The second-order valence-electron chi connectivity index (χ2n) is 5.44. The average Bonchev–Trinajstić information content (AvgIpc) is 2.40. The maximum atomic E-state index is 12.6. The average molecular weight is 315 g/mol. The van der Waals surface area contributed by atoms with Crippen LogP contribution in [0.2, 0.25) is 0 Å². The molecule has 0 aliphatic carbocycles. The lowest BCUT2D eigenvalue weighted by Gasteiger charge is -2.20. The van der Waals surface area contributed by atoms with Crippen molar-refractivity contribution in [3.05, 3.63) is 28.8 Å². The number of benzene rings is 1. The van der Waals surface area contributed by atoms with E-state index >= 15 is 0 Å². The Morgan fingerprint density at radius 2 is 1.90 bits per heavy atom. The topological polar surface area (TPSA) is 66.8 Å². The van der Waals surface area contributed by atoms with Crippen LogP contribution in [0.15, 0.2) is 17.0 Å². The van der Waals surface area contributed by atoms with Crippen molar-refractivity contribution in [3.63, 3.8) is 0 Å². The van der Waals surface area contributed by atoms with Crippen molar-refractivity contribution in [2.75, 3.05) is 20.2 Å². The van der Waals surface area contributed by atoms with Crippen molar-refractivity contribution in [1.29, 1.82) is 0 Å². The zero-order valence-corrected chi connectivity index (χ0v) is 14.2. The van der Waals surface area contributed by atoms with Crippen LogP contribution in [-0.2, 0) is 21.4 Å². The van der Waals surface area contributed by atoms with Crippen LogP contribution in [0.25, 0.3) is 0 Å². The van der Waals surface area contributed by atoms with Crippen LogP contribution in [-0.4, -0.2) is 44.1 Å². The second kappa shape index (κ2) is 7.35. The van der Waals surface area contributed by atoms with Gasteiger partial charge in [0, 0.05) is 13.6 Å². The van der Waals surface area contributed by atoms with Crippen molar-refractivity contribution in [2.24, 2.45) is 0 Å². The molecular weight excluding hydrogens is 290 g/mol. The Morgan fingerprint density at radius 1 is 1.29 bits per heavy atom. The Balaban J connectivity index is 3.04. The molecule has 1 N–H and O–H groups in total. The molecule has 21 heavy (non-hydrogen) atoms. The maximum Gasteiger partial charge on any atom is 0.243 e. The summed E-state index contributed by atoms with van der Waals surface area (Å²) in [6.07, 6.45) is 0.0720. The Kier molecular flexibility index (Phi) is 6.34. The Labute approximate surface area is 127 Å². The minimum atomic E-state index is -3.58. The van der Waals surface area contributed by atoms with Crippen LogP contribution in [0.5, 0.6) is 0 Å². The van der Waals surface area contributed by atoms with E-state index in [-0.39, 0.29) is 17.6 Å². The molecule has 0 spiro atoms. The number of aliphatic hydroxyl groups excluding tert-OH is 1. The first-order valence-electron chi connectivity index (χ1n) is 6.99. The molecule has 0 heterocycles. The van der Waals surface area contributed by atoms with Gasteiger partial charge in [0.2, 0.25) is 10.0 Å². The van der Waals surface area contributed by atoms with Gasteiger partial charge in [-0.05, 0) is 50.5 Å². The number of ether oxygens (including phenoxy) is 1. The molecule has 0 saturated heterocycles. The SMILES string of the molecule is Cc1cc(CO)cc(S(=O)(=O)N(C)CCOC(C)C)c1C. The van der Waals surface area contributed by atoms with E-state index in [9.17, 15) is 13.5 Å². The van der Waals surface area contributed by atoms with Crippen LogP contribution in [0.1, 0.15) is 30.5 Å². The van der Waals surface area contributed by atoms with Crippen molar-refractivity contribution in [1.82, 2.24) is 4.31 Å². The van der Waals surface area contributed by atoms with Crippen molar-refractivity contribution in [3.8, 4) is 0 Å². The van der Waals surface area contributed by atoms with Crippen LogP contribution >= 0.6 is 0 Å². The number of hydrogen-bond donors (Lipinski definition) is 1. The maximum absolute atomic E-state index is 12.6. The molecule has 0 atom stereocenters. The van der Waals surface area contributed by atoms with Crippen LogP contribution < -0.4 is 0 Å². The van der Waals surface area contributed by atoms with E-state index in [4.69, 9.17) is 4.74 Å². The Hall–Kier alpha value is -0.950. The summed E-state index contributed by atoms with van der Waals surface area (Å²) in [5, 5.41) is 9.26. The highest BCUT2D eigenvalue weighted by Crippen LogP contribution is 2.23. The predicted molar refractivity (Wildman–Crippen MR) is 82.7 cm³/mol.